The van der Waals surface area contributed by atoms with E-state index in [0.29, 0.717) is 0 Å². The molecule has 0 saturated carbocycles. The predicted molar refractivity (Wildman–Crippen MR) is 62.8 cm³/mol. The molecule has 0 amide bonds. The van der Waals surface area contributed by atoms with Crippen LogP contribution in [0.1, 0.15) is 0 Å². The molecule has 2 N–H and O–H groups in total. The van der Waals surface area contributed by atoms with Crippen molar-refractivity contribution in [2.24, 2.45) is 0 Å². The normalized spacial score (nSPS) is 9.87. The van der Waals surface area contributed by atoms with Gasteiger partial charge in [0.15, 0.2) is 0 Å². The number of nitrogen functional groups attached to an aromatic ring is 1. The fourth-order valence-electron chi connectivity index (χ4n) is 1.21. The molecule has 0 aliphatic heterocycles. The minimum Gasteiger partial charge on any atom is -0.457 e. The zero-order valence-electron chi connectivity index (χ0n) is 8.18. The Kier molecular flexibility index (Phi) is 2.63. The molecule has 0 fully saturated rings. The van der Waals surface area contributed by atoms with Gasteiger partial charge in [-0.25, -0.2) is 0 Å². The molecule has 0 aromatic heterocycles. The average Bonchev–Trinajstić information content (AvgIpc) is 2.25. The summed E-state index contributed by atoms with van der Waals surface area (Å²) in [7, 11) is 5.57. The molecule has 2 rings (SSSR count). The van der Waals surface area contributed by atoms with Gasteiger partial charge < -0.3 is 10.5 Å². The number of ether oxygens (including phenoxy) is 1. The average molecular weight is 195 g/mol. The van der Waals surface area contributed by atoms with Crippen LogP contribution < -0.4 is 15.9 Å². The molecular formula is C12H10BNO. The van der Waals surface area contributed by atoms with Crippen LogP contribution >= 0.6 is 0 Å². The molecule has 0 saturated heterocycles. The van der Waals surface area contributed by atoms with Crippen LogP contribution in [0, 0.1) is 0 Å². The molecule has 0 aliphatic rings. The van der Waals surface area contributed by atoms with Gasteiger partial charge in [-0.1, -0.05) is 17.6 Å². The maximum atomic E-state index is 5.58. The third-order valence-electron chi connectivity index (χ3n) is 2.00. The maximum absolute atomic E-state index is 5.58. The Hall–Kier alpha value is -1.90. The van der Waals surface area contributed by atoms with Crippen LogP contribution in [0.25, 0.3) is 0 Å². The third-order valence-corrected chi connectivity index (χ3v) is 2.00. The van der Waals surface area contributed by atoms with Crippen molar-refractivity contribution in [3.8, 4) is 11.5 Å². The first-order valence-electron chi connectivity index (χ1n) is 4.63. The summed E-state index contributed by atoms with van der Waals surface area (Å²) in [6.45, 7) is 0. The standard InChI is InChI=1S/C12H10BNO/c13-9-1-5-11(6-2-9)15-12-7-3-10(14)4-8-12/h1-8H,14H2. The summed E-state index contributed by atoms with van der Waals surface area (Å²) >= 11 is 0. The highest BCUT2D eigenvalue weighted by Gasteiger charge is 1.95. The van der Waals surface area contributed by atoms with Crippen LogP contribution in [0.15, 0.2) is 48.5 Å². The van der Waals surface area contributed by atoms with Gasteiger partial charge in [0.05, 0.1) is 0 Å². The SMILES string of the molecule is [B]c1ccc(Oc2ccc(N)cc2)cc1. The zero-order chi connectivity index (χ0) is 10.7. The third kappa shape index (κ3) is 2.53. The Morgan fingerprint density at radius 3 is 1.80 bits per heavy atom. The lowest BCUT2D eigenvalue weighted by Gasteiger charge is -2.05. The molecular weight excluding hydrogens is 185 g/mol. The van der Waals surface area contributed by atoms with E-state index in [-0.39, 0.29) is 0 Å². The number of benzene rings is 2. The van der Waals surface area contributed by atoms with Crippen LogP contribution in [0.5, 0.6) is 11.5 Å². The van der Waals surface area contributed by atoms with Gasteiger partial charge in [-0.15, -0.1) is 0 Å². The summed E-state index contributed by atoms with van der Waals surface area (Å²) in [4.78, 5) is 0. The quantitative estimate of drug-likeness (QED) is 0.586. The van der Waals surface area contributed by atoms with Gasteiger partial charge in [0.25, 0.3) is 0 Å². The topological polar surface area (TPSA) is 35.2 Å². The van der Waals surface area contributed by atoms with Crippen LogP contribution in [-0.2, 0) is 0 Å². The molecule has 2 nitrogen and oxygen atoms in total. The lowest BCUT2D eigenvalue weighted by molar-refractivity contribution is 0.483. The van der Waals surface area contributed by atoms with Gasteiger partial charge in [0.1, 0.15) is 19.3 Å². The lowest BCUT2D eigenvalue weighted by Crippen LogP contribution is -1.99. The van der Waals surface area contributed by atoms with Gasteiger partial charge in [-0.3, -0.25) is 0 Å². The number of hydrogen-bond acceptors (Lipinski definition) is 2. The van der Waals surface area contributed by atoms with Gasteiger partial charge >= 0.3 is 0 Å². The summed E-state index contributed by atoms with van der Waals surface area (Å²) < 4.78 is 5.58. The molecule has 0 heterocycles. The van der Waals surface area contributed by atoms with Gasteiger partial charge in [-0.05, 0) is 36.4 Å². The molecule has 0 unspecified atom stereocenters. The van der Waals surface area contributed by atoms with Gasteiger partial charge in [-0.2, -0.15) is 0 Å². The molecule has 15 heavy (non-hydrogen) atoms. The minimum absolute atomic E-state index is 0.722. The number of rotatable bonds is 2. The first kappa shape index (κ1) is 9.65. The van der Waals surface area contributed by atoms with Gasteiger partial charge in [0, 0.05) is 5.69 Å². The molecule has 2 aromatic carbocycles. The lowest BCUT2D eigenvalue weighted by atomic mass is 9.97. The van der Waals surface area contributed by atoms with E-state index in [0.717, 1.165) is 22.6 Å². The summed E-state index contributed by atoms with van der Waals surface area (Å²) in [5.41, 5.74) is 7.01. The monoisotopic (exact) mass is 195 g/mol. The van der Waals surface area contributed by atoms with E-state index < -0.39 is 0 Å². The molecule has 3 heteroatoms. The highest BCUT2D eigenvalue weighted by atomic mass is 16.5. The summed E-state index contributed by atoms with van der Waals surface area (Å²) in [6.07, 6.45) is 0. The Labute approximate surface area is 90.1 Å². The Balaban J connectivity index is 2.15. The molecule has 2 radical (unpaired) electrons. The van der Waals surface area contributed by atoms with E-state index in [2.05, 4.69) is 0 Å². The Morgan fingerprint density at radius 2 is 1.27 bits per heavy atom. The van der Waals surface area contributed by atoms with Crippen LogP contribution in [0.2, 0.25) is 0 Å². The van der Waals surface area contributed by atoms with Crippen LogP contribution in [0.4, 0.5) is 5.69 Å². The molecule has 0 spiro atoms. The first-order valence-corrected chi connectivity index (χ1v) is 4.63. The van der Waals surface area contributed by atoms with Crippen molar-refractivity contribution in [2.45, 2.75) is 0 Å². The van der Waals surface area contributed by atoms with E-state index in [4.69, 9.17) is 18.3 Å². The van der Waals surface area contributed by atoms with E-state index in [1.54, 1.807) is 24.3 Å². The maximum Gasteiger partial charge on any atom is 0.127 e. The number of nitrogens with two attached hydrogens (primary N) is 1. The minimum atomic E-state index is 0.722. The number of hydrogen-bond donors (Lipinski definition) is 1. The van der Waals surface area contributed by atoms with E-state index in [9.17, 15) is 0 Å². The van der Waals surface area contributed by atoms with Crippen molar-refractivity contribution >= 4 is 19.0 Å². The van der Waals surface area contributed by atoms with Crippen molar-refractivity contribution in [2.75, 3.05) is 5.73 Å². The second kappa shape index (κ2) is 4.09. The second-order valence-electron chi connectivity index (χ2n) is 3.24. The van der Waals surface area contributed by atoms with E-state index in [1.807, 2.05) is 24.3 Å². The Morgan fingerprint density at radius 1 is 0.800 bits per heavy atom. The summed E-state index contributed by atoms with van der Waals surface area (Å²) in [5.74, 6) is 1.52. The fourth-order valence-corrected chi connectivity index (χ4v) is 1.21. The second-order valence-corrected chi connectivity index (χ2v) is 3.24. The molecule has 0 aliphatic carbocycles. The van der Waals surface area contributed by atoms with Crippen molar-refractivity contribution in [1.82, 2.24) is 0 Å². The molecule has 0 atom stereocenters. The summed E-state index contributed by atoms with van der Waals surface area (Å²) in [5, 5.41) is 0. The zero-order valence-corrected chi connectivity index (χ0v) is 8.18. The van der Waals surface area contributed by atoms with Crippen LogP contribution in [-0.4, -0.2) is 7.85 Å². The van der Waals surface area contributed by atoms with E-state index >= 15 is 0 Å². The van der Waals surface area contributed by atoms with Crippen LogP contribution in [0.3, 0.4) is 0 Å². The highest BCUT2D eigenvalue weighted by Crippen LogP contribution is 2.20. The molecule has 0 bridgehead atoms. The highest BCUT2D eigenvalue weighted by molar-refractivity contribution is 6.32. The largest absolute Gasteiger partial charge is 0.457 e. The van der Waals surface area contributed by atoms with Crippen molar-refractivity contribution in [1.29, 1.82) is 0 Å². The van der Waals surface area contributed by atoms with Gasteiger partial charge in [0.2, 0.25) is 0 Å². The van der Waals surface area contributed by atoms with Crippen molar-refractivity contribution in [3.63, 3.8) is 0 Å². The number of anilines is 1. The first-order chi connectivity index (χ1) is 7.24. The predicted octanol–water partition coefficient (Wildman–Crippen LogP) is 1.85. The molecule has 2 aromatic rings. The summed E-state index contributed by atoms with van der Waals surface area (Å²) in [6, 6.07) is 14.5. The van der Waals surface area contributed by atoms with Crippen molar-refractivity contribution in [3.05, 3.63) is 48.5 Å². The van der Waals surface area contributed by atoms with E-state index in [1.165, 1.54) is 0 Å². The Bertz CT molecular complexity index is 393. The molecule has 72 valence electrons. The van der Waals surface area contributed by atoms with Crippen molar-refractivity contribution < 1.29 is 4.74 Å². The smallest absolute Gasteiger partial charge is 0.127 e. The fraction of sp³-hybridized carbons (Fsp3) is 0.